The molecule has 0 aromatic heterocycles. The average molecular weight is 285 g/mol. The molecule has 1 fully saturated rings. The standard InChI is InChI=1S/C15H31N3O2/c1-12(2)17-11-14-5-8-18(9-6-14)13(3)15(19)16-7-10-20-4/h12-14,17H,5-11H2,1-4H3,(H,16,19). The highest BCUT2D eigenvalue weighted by atomic mass is 16.5. The van der Waals surface area contributed by atoms with Crippen molar-refractivity contribution in [1.82, 2.24) is 15.5 Å². The van der Waals surface area contributed by atoms with Crippen molar-refractivity contribution in [2.24, 2.45) is 5.92 Å². The maximum atomic E-state index is 12.0. The second-order valence-corrected chi connectivity index (χ2v) is 6.00. The highest BCUT2D eigenvalue weighted by Gasteiger charge is 2.26. The summed E-state index contributed by atoms with van der Waals surface area (Å²) in [6, 6.07) is 0.518. The molecule has 1 rings (SSSR count). The Bertz CT molecular complexity index is 276. The van der Waals surface area contributed by atoms with E-state index in [0.717, 1.165) is 25.6 Å². The lowest BCUT2D eigenvalue weighted by Crippen LogP contribution is -2.49. The van der Waals surface area contributed by atoms with Crippen molar-refractivity contribution in [3.8, 4) is 0 Å². The predicted molar refractivity (Wildman–Crippen MR) is 81.8 cm³/mol. The summed E-state index contributed by atoms with van der Waals surface area (Å²) in [6.07, 6.45) is 2.35. The third kappa shape index (κ3) is 6.20. The average Bonchev–Trinajstić information content (AvgIpc) is 2.45. The molecule has 0 spiro atoms. The minimum atomic E-state index is -0.0362. The quantitative estimate of drug-likeness (QED) is 0.649. The molecule has 5 heteroatoms. The Hall–Kier alpha value is -0.650. The first-order valence-electron chi connectivity index (χ1n) is 7.78. The largest absolute Gasteiger partial charge is 0.383 e. The van der Waals surface area contributed by atoms with E-state index in [9.17, 15) is 4.79 Å². The summed E-state index contributed by atoms with van der Waals surface area (Å²) < 4.78 is 4.94. The van der Waals surface area contributed by atoms with Gasteiger partial charge < -0.3 is 15.4 Å². The number of nitrogens with one attached hydrogen (secondary N) is 2. The summed E-state index contributed by atoms with van der Waals surface area (Å²) in [6.45, 7) is 10.7. The maximum absolute atomic E-state index is 12.0. The van der Waals surface area contributed by atoms with Crippen molar-refractivity contribution in [3.05, 3.63) is 0 Å². The Morgan fingerprint density at radius 3 is 2.50 bits per heavy atom. The number of hydrogen-bond acceptors (Lipinski definition) is 4. The number of methoxy groups -OCH3 is 1. The van der Waals surface area contributed by atoms with Gasteiger partial charge in [0, 0.05) is 19.7 Å². The molecule has 1 heterocycles. The van der Waals surface area contributed by atoms with Gasteiger partial charge in [0.15, 0.2) is 0 Å². The van der Waals surface area contributed by atoms with Crippen LogP contribution in [0.25, 0.3) is 0 Å². The van der Waals surface area contributed by atoms with E-state index < -0.39 is 0 Å². The molecule has 1 amide bonds. The molecular weight excluding hydrogens is 254 g/mol. The number of piperidine rings is 1. The topological polar surface area (TPSA) is 53.6 Å². The molecule has 0 saturated carbocycles. The van der Waals surface area contributed by atoms with Gasteiger partial charge in [0.05, 0.1) is 12.6 Å². The second-order valence-electron chi connectivity index (χ2n) is 6.00. The zero-order chi connectivity index (χ0) is 15.0. The molecule has 0 bridgehead atoms. The minimum absolute atomic E-state index is 0.0362. The lowest BCUT2D eigenvalue weighted by Gasteiger charge is -2.35. The molecule has 0 radical (unpaired) electrons. The number of carbonyl (C=O) groups excluding carboxylic acids is 1. The van der Waals surface area contributed by atoms with Crippen LogP contribution in [0.1, 0.15) is 33.6 Å². The number of carbonyl (C=O) groups is 1. The van der Waals surface area contributed by atoms with E-state index in [1.807, 2.05) is 6.92 Å². The van der Waals surface area contributed by atoms with Crippen LogP contribution in [-0.4, -0.2) is 62.8 Å². The minimum Gasteiger partial charge on any atom is -0.383 e. The molecule has 0 aliphatic carbocycles. The van der Waals surface area contributed by atoms with Gasteiger partial charge in [0.2, 0.25) is 5.91 Å². The predicted octanol–water partition coefficient (Wildman–Crippen LogP) is 0.848. The van der Waals surface area contributed by atoms with E-state index in [4.69, 9.17) is 4.74 Å². The van der Waals surface area contributed by atoms with E-state index in [-0.39, 0.29) is 11.9 Å². The van der Waals surface area contributed by atoms with Crippen LogP contribution in [0.5, 0.6) is 0 Å². The molecule has 1 atom stereocenters. The van der Waals surface area contributed by atoms with Crippen LogP contribution in [0.4, 0.5) is 0 Å². The number of nitrogens with zero attached hydrogens (tertiary/aromatic N) is 1. The number of rotatable bonds is 8. The van der Waals surface area contributed by atoms with E-state index in [2.05, 4.69) is 29.4 Å². The van der Waals surface area contributed by atoms with Gasteiger partial charge in [-0.2, -0.15) is 0 Å². The number of likely N-dealkylation sites (tertiary alicyclic amines) is 1. The molecule has 1 aliphatic rings. The fraction of sp³-hybridized carbons (Fsp3) is 0.933. The van der Waals surface area contributed by atoms with Gasteiger partial charge in [-0.1, -0.05) is 13.8 Å². The van der Waals surface area contributed by atoms with Gasteiger partial charge in [-0.05, 0) is 45.3 Å². The van der Waals surface area contributed by atoms with Crippen molar-refractivity contribution in [2.75, 3.05) is 39.9 Å². The first-order valence-corrected chi connectivity index (χ1v) is 7.78. The Morgan fingerprint density at radius 2 is 1.95 bits per heavy atom. The zero-order valence-electron chi connectivity index (χ0n) is 13.4. The van der Waals surface area contributed by atoms with Gasteiger partial charge in [0.25, 0.3) is 0 Å². The molecule has 0 aromatic rings. The Labute approximate surface area is 123 Å². The fourth-order valence-corrected chi connectivity index (χ4v) is 2.54. The molecule has 5 nitrogen and oxygen atoms in total. The Balaban J connectivity index is 2.24. The highest BCUT2D eigenvalue weighted by Crippen LogP contribution is 2.18. The van der Waals surface area contributed by atoms with Crippen LogP contribution in [-0.2, 0) is 9.53 Å². The van der Waals surface area contributed by atoms with Gasteiger partial charge in [-0.25, -0.2) is 0 Å². The summed E-state index contributed by atoms with van der Waals surface area (Å²) in [5.74, 6) is 0.859. The number of ether oxygens (including phenoxy) is 1. The van der Waals surface area contributed by atoms with Crippen LogP contribution in [0, 0.1) is 5.92 Å². The summed E-state index contributed by atoms with van der Waals surface area (Å²) in [7, 11) is 1.64. The molecule has 2 N–H and O–H groups in total. The number of amides is 1. The molecular formula is C15H31N3O2. The number of hydrogen-bond donors (Lipinski definition) is 2. The fourth-order valence-electron chi connectivity index (χ4n) is 2.54. The van der Waals surface area contributed by atoms with Crippen LogP contribution >= 0.6 is 0 Å². The molecule has 20 heavy (non-hydrogen) atoms. The first-order chi connectivity index (χ1) is 9.54. The van der Waals surface area contributed by atoms with Crippen LogP contribution in [0.2, 0.25) is 0 Å². The molecule has 1 saturated heterocycles. The van der Waals surface area contributed by atoms with Gasteiger partial charge in [-0.3, -0.25) is 9.69 Å². The van der Waals surface area contributed by atoms with Crippen molar-refractivity contribution < 1.29 is 9.53 Å². The maximum Gasteiger partial charge on any atom is 0.237 e. The SMILES string of the molecule is COCCNC(=O)C(C)N1CCC(CNC(C)C)CC1. The molecule has 1 aliphatic heterocycles. The summed E-state index contributed by atoms with van der Waals surface area (Å²) in [5.41, 5.74) is 0. The van der Waals surface area contributed by atoms with E-state index in [0.29, 0.717) is 19.2 Å². The monoisotopic (exact) mass is 285 g/mol. The molecule has 118 valence electrons. The molecule has 1 unspecified atom stereocenters. The third-order valence-corrected chi connectivity index (χ3v) is 4.00. The van der Waals surface area contributed by atoms with Crippen LogP contribution < -0.4 is 10.6 Å². The normalized spacial score (nSPS) is 19.2. The lowest BCUT2D eigenvalue weighted by atomic mass is 9.95. The zero-order valence-corrected chi connectivity index (χ0v) is 13.4. The Kier molecular flexibility index (Phi) is 8.11. The van der Waals surface area contributed by atoms with Crippen molar-refractivity contribution in [1.29, 1.82) is 0 Å². The van der Waals surface area contributed by atoms with Gasteiger partial charge in [-0.15, -0.1) is 0 Å². The lowest BCUT2D eigenvalue weighted by molar-refractivity contribution is -0.126. The second kappa shape index (κ2) is 9.32. The third-order valence-electron chi connectivity index (χ3n) is 4.00. The van der Waals surface area contributed by atoms with Crippen molar-refractivity contribution in [3.63, 3.8) is 0 Å². The van der Waals surface area contributed by atoms with Gasteiger partial charge in [0.1, 0.15) is 0 Å². The highest BCUT2D eigenvalue weighted by molar-refractivity contribution is 5.81. The Morgan fingerprint density at radius 1 is 1.30 bits per heavy atom. The van der Waals surface area contributed by atoms with E-state index in [1.165, 1.54) is 12.8 Å². The molecule has 0 aromatic carbocycles. The van der Waals surface area contributed by atoms with Crippen molar-refractivity contribution in [2.45, 2.75) is 45.7 Å². The summed E-state index contributed by atoms with van der Waals surface area (Å²) in [4.78, 5) is 14.3. The summed E-state index contributed by atoms with van der Waals surface area (Å²) >= 11 is 0. The summed E-state index contributed by atoms with van der Waals surface area (Å²) in [5, 5.41) is 6.42. The van der Waals surface area contributed by atoms with E-state index >= 15 is 0 Å². The van der Waals surface area contributed by atoms with Crippen LogP contribution in [0.15, 0.2) is 0 Å². The van der Waals surface area contributed by atoms with Gasteiger partial charge >= 0.3 is 0 Å². The first kappa shape index (κ1) is 17.4. The van der Waals surface area contributed by atoms with Crippen molar-refractivity contribution >= 4 is 5.91 Å². The van der Waals surface area contributed by atoms with E-state index in [1.54, 1.807) is 7.11 Å². The van der Waals surface area contributed by atoms with Crippen LogP contribution in [0.3, 0.4) is 0 Å². The smallest absolute Gasteiger partial charge is 0.237 e.